The third-order valence-electron chi connectivity index (χ3n) is 3.45. The molecule has 0 bridgehead atoms. The van der Waals surface area contributed by atoms with Crippen LogP contribution in [0.1, 0.15) is 26.7 Å². The maximum Gasteiger partial charge on any atom is 0.309 e. The second kappa shape index (κ2) is 5.47. The first-order valence-corrected chi connectivity index (χ1v) is 5.56. The van der Waals surface area contributed by atoms with Gasteiger partial charge in [-0.2, -0.15) is 0 Å². The van der Waals surface area contributed by atoms with E-state index in [4.69, 9.17) is 4.74 Å². The highest BCUT2D eigenvalue weighted by Gasteiger charge is 2.33. The molecule has 1 saturated heterocycles. The van der Waals surface area contributed by atoms with Gasteiger partial charge in [0.15, 0.2) is 0 Å². The van der Waals surface area contributed by atoms with E-state index >= 15 is 0 Å². The van der Waals surface area contributed by atoms with Crippen molar-refractivity contribution in [2.24, 2.45) is 5.92 Å². The van der Waals surface area contributed by atoms with Crippen molar-refractivity contribution in [3.05, 3.63) is 0 Å². The van der Waals surface area contributed by atoms with E-state index < -0.39 is 0 Å². The van der Waals surface area contributed by atoms with Crippen molar-refractivity contribution < 1.29 is 14.6 Å². The van der Waals surface area contributed by atoms with Gasteiger partial charge in [0, 0.05) is 12.1 Å². The Bertz CT molecular complexity index is 220. The fourth-order valence-electron chi connectivity index (χ4n) is 2.26. The number of likely N-dealkylation sites (tertiary alicyclic amines) is 1. The maximum absolute atomic E-state index is 11.4. The molecule has 1 aliphatic rings. The van der Waals surface area contributed by atoms with Crippen LogP contribution >= 0.6 is 0 Å². The summed E-state index contributed by atoms with van der Waals surface area (Å²) in [5, 5.41) is 9.21. The standard InChI is InChI=1S/C11H21NO3/c1-8(11(14)15-3)9(2)12-6-4-5-10(12)7-13/h8-10,13H,4-7H2,1-3H3/t8?,9?,10-/m1/s1. The number of methoxy groups -OCH3 is 1. The van der Waals surface area contributed by atoms with Gasteiger partial charge in [-0.1, -0.05) is 6.92 Å². The maximum atomic E-state index is 11.4. The lowest BCUT2D eigenvalue weighted by atomic mass is 10.0. The Morgan fingerprint density at radius 3 is 2.80 bits per heavy atom. The molecule has 0 amide bonds. The highest BCUT2D eigenvalue weighted by molar-refractivity contribution is 5.72. The van der Waals surface area contributed by atoms with Gasteiger partial charge in [-0.3, -0.25) is 9.69 Å². The topological polar surface area (TPSA) is 49.8 Å². The number of nitrogens with zero attached hydrogens (tertiary/aromatic N) is 1. The van der Waals surface area contributed by atoms with Gasteiger partial charge >= 0.3 is 5.97 Å². The first-order valence-electron chi connectivity index (χ1n) is 5.56. The number of hydrogen-bond acceptors (Lipinski definition) is 4. The lowest BCUT2D eigenvalue weighted by molar-refractivity contribution is -0.147. The van der Waals surface area contributed by atoms with Gasteiger partial charge in [-0.25, -0.2) is 0 Å². The molecule has 0 aromatic heterocycles. The number of hydrogen-bond donors (Lipinski definition) is 1. The van der Waals surface area contributed by atoms with Crippen LogP contribution in [0.5, 0.6) is 0 Å². The Morgan fingerprint density at radius 2 is 2.27 bits per heavy atom. The lowest BCUT2D eigenvalue weighted by Gasteiger charge is -2.32. The minimum Gasteiger partial charge on any atom is -0.469 e. The van der Waals surface area contributed by atoms with Crippen LogP contribution in [0.15, 0.2) is 0 Å². The first kappa shape index (κ1) is 12.5. The van der Waals surface area contributed by atoms with Crippen molar-refractivity contribution in [2.45, 2.75) is 38.8 Å². The third kappa shape index (κ3) is 2.69. The molecule has 4 nitrogen and oxygen atoms in total. The van der Waals surface area contributed by atoms with Gasteiger partial charge in [0.1, 0.15) is 0 Å². The number of ether oxygens (including phenoxy) is 1. The minimum atomic E-state index is -0.175. The van der Waals surface area contributed by atoms with Gasteiger partial charge in [-0.15, -0.1) is 0 Å². The van der Waals surface area contributed by atoms with E-state index in [0.29, 0.717) is 0 Å². The molecule has 0 saturated carbocycles. The largest absolute Gasteiger partial charge is 0.469 e. The number of carbonyl (C=O) groups is 1. The number of rotatable bonds is 4. The molecular weight excluding hydrogens is 194 g/mol. The summed E-state index contributed by atoms with van der Waals surface area (Å²) < 4.78 is 4.73. The smallest absolute Gasteiger partial charge is 0.309 e. The summed E-state index contributed by atoms with van der Waals surface area (Å²) in [5.41, 5.74) is 0. The highest BCUT2D eigenvalue weighted by atomic mass is 16.5. The zero-order chi connectivity index (χ0) is 11.4. The molecule has 0 aliphatic carbocycles. The number of aliphatic hydroxyl groups is 1. The SMILES string of the molecule is COC(=O)C(C)C(C)N1CCC[C@@H]1CO. The molecular formula is C11H21NO3. The molecule has 0 aromatic rings. The van der Waals surface area contributed by atoms with Crippen LogP contribution in [-0.4, -0.2) is 48.3 Å². The molecule has 1 rings (SSSR count). The molecule has 1 fully saturated rings. The molecule has 0 spiro atoms. The number of esters is 1. The van der Waals surface area contributed by atoms with Gasteiger partial charge < -0.3 is 9.84 Å². The van der Waals surface area contributed by atoms with Crippen molar-refractivity contribution in [3.8, 4) is 0 Å². The van der Waals surface area contributed by atoms with Crippen LogP contribution in [0.25, 0.3) is 0 Å². The molecule has 4 heteroatoms. The van der Waals surface area contributed by atoms with Crippen molar-refractivity contribution in [1.29, 1.82) is 0 Å². The molecule has 0 radical (unpaired) electrons. The van der Waals surface area contributed by atoms with Gasteiger partial charge in [-0.05, 0) is 26.3 Å². The van der Waals surface area contributed by atoms with Crippen LogP contribution in [0.3, 0.4) is 0 Å². The molecule has 3 atom stereocenters. The average molecular weight is 215 g/mol. The molecule has 15 heavy (non-hydrogen) atoms. The van der Waals surface area contributed by atoms with E-state index in [-0.39, 0.29) is 30.6 Å². The average Bonchev–Trinajstić information content (AvgIpc) is 2.73. The molecule has 1 heterocycles. The van der Waals surface area contributed by atoms with Crippen LogP contribution in [0, 0.1) is 5.92 Å². The molecule has 88 valence electrons. The fraction of sp³-hybridized carbons (Fsp3) is 0.909. The monoisotopic (exact) mass is 215 g/mol. The third-order valence-corrected chi connectivity index (χ3v) is 3.45. The fourth-order valence-corrected chi connectivity index (χ4v) is 2.26. The summed E-state index contributed by atoms with van der Waals surface area (Å²) in [7, 11) is 1.42. The van der Waals surface area contributed by atoms with Gasteiger partial charge in [0.25, 0.3) is 0 Å². The zero-order valence-corrected chi connectivity index (χ0v) is 9.77. The summed E-state index contributed by atoms with van der Waals surface area (Å²) >= 11 is 0. The van der Waals surface area contributed by atoms with E-state index in [1.54, 1.807) is 0 Å². The van der Waals surface area contributed by atoms with Crippen LogP contribution in [-0.2, 0) is 9.53 Å². The van der Waals surface area contributed by atoms with E-state index in [1.165, 1.54) is 7.11 Å². The summed E-state index contributed by atoms with van der Waals surface area (Å²) in [6.45, 7) is 5.05. The predicted molar refractivity (Wildman–Crippen MR) is 57.5 cm³/mol. The summed E-state index contributed by atoms with van der Waals surface area (Å²) in [4.78, 5) is 13.6. The Kier molecular flexibility index (Phi) is 4.54. The van der Waals surface area contributed by atoms with Crippen molar-refractivity contribution in [1.82, 2.24) is 4.90 Å². The quantitative estimate of drug-likeness (QED) is 0.699. The Balaban J connectivity index is 2.58. The van der Waals surface area contributed by atoms with Crippen molar-refractivity contribution >= 4 is 5.97 Å². The van der Waals surface area contributed by atoms with E-state index in [1.807, 2.05) is 13.8 Å². The van der Waals surface area contributed by atoms with Crippen molar-refractivity contribution in [2.75, 3.05) is 20.3 Å². The predicted octanol–water partition coefficient (Wildman–Crippen LogP) is 0.641. The zero-order valence-electron chi connectivity index (χ0n) is 9.77. The first-order chi connectivity index (χ1) is 7.11. The molecule has 2 unspecified atom stereocenters. The minimum absolute atomic E-state index is 0.136. The molecule has 1 N–H and O–H groups in total. The molecule has 1 aliphatic heterocycles. The van der Waals surface area contributed by atoms with Gasteiger partial charge in [0.05, 0.1) is 19.6 Å². The van der Waals surface area contributed by atoms with E-state index in [0.717, 1.165) is 19.4 Å². The Labute approximate surface area is 91.2 Å². The summed E-state index contributed by atoms with van der Waals surface area (Å²) in [6, 6.07) is 0.351. The summed E-state index contributed by atoms with van der Waals surface area (Å²) in [5.74, 6) is -0.312. The Hall–Kier alpha value is -0.610. The van der Waals surface area contributed by atoms with Gasteiger partial charge in [0.2, 0.25) is 0 Å². The lowest BCUT2D eigenvalue weighted by Crippen LogP contribution is -2.44. The molecule has 0 aromatic carbocycles. The number of carbonyl (C=O) groups excluding carboxylic acids is 1. The van der Waals surface area contributed by atoms with Crippen molar-refractivity contribution in [3.63, 3.8) is 0 Å². The second-order valence-electron chi connectivity index (χ2n) is 4.27. The van der Waals surface area contributed by atoms with Crippen LogP contribution in [0.4, 0.5) is 0 Å². The number of aliphatic hydroxyl groups excluding tert-OH is 1. The van der Waals surface area contributed by atoms with Crippen LogP contribution in [0.2, 0.25) is 0 Å². The summed E-state index contributed by atoms with van der Waals surface area (Å²) in [6.07, 6.45) is 2.12. The normalized spacial score (nSPS) is 26.3. The van der Waals surface area contributed by atoms with E-state index in [2.05, 4.69) is 4.90 Å². The van der Waals surface area contributed by atoms with Crippen LogP contribution < -0.4 is 0 Å². The Morgan fingerprint density at radius 1 is 1.60 bits per heavy atom. The second-order valence-corrected chi connectivity index (χ2v) is 4.27. The highest BCUT2D eigenvalue weighted by Crippen LogP contribution is 2.23. The van der Waals surface area contributed by atoms with E-state index in [9.17, 15) is 9.90 Å².